The average Bonchev–Trinajstić information content (AvgIpc) is 2.02. The van der Waals surface area contributed by atoms with Gasteiger partial charge in [-0.05, 0) is 19.3 Å². The lowest BCUT2D eigenvalue weighted by Crippen LogP contribution is -2.29. The van der Waals surface area contributed by atoms with Crippen molar-refractivity contribution in [1.29, 1.82) is 5.26 Å². The third kappa shape index (κ3) is 4.73. The number of nitrogens with one attached hydrogen (secondary N) is 1. The summed E-state index contributed by atoms with van der Waals surface area (Å²) in [5, 5.41) is 11.1. The van der Waals surface area contributed by atoms with Crippen molar-refractivity contribution in [3.8, 4) is 6.07 Å². The second-order valence-electron chi connectivity index (χ2n) is 3.32. The van der Waals surface area contributed by atoms with Gasteiger partial charge in [0.15, 0.2) is 0 Å². The lowest BCUT2D eigenvalue weighted by Gasteiger charge is -2.07. The Morgan fingerprint density at radius 1 is 1.50 bits per heavy atom. The maximum Gasteiger partial charge on any atom is 0.237 e. The van der Waals surface area contributed by atoms with Gasteiger partial charge in [0.2, 0.25) is 5.91 Å². The van der Waals surface area contributed by atoms with Crippen LogP contribution in [0.1, 0.15) is 27.2 Å². The smallest absolute Gasteiger partial charge is 0.237 e. The third-order valence-corrected chi connectivity index (χ3v) is 1.61. The topological polar surface area (TPSA) is 52.9 Å². The van der Waals surface area contributed by atoms with E-state index in [4.69, 9.17) is 5.26 Å². The molecule has 0 aromatic carbocycles. The fraction of sp³-hybridized carbons (Fsp3) is 0.778. The fourth-order valence-electron chi connectivity index (χ4n) is 0.696. The van der Waals surface area contributed by atoms with Crippen molar-refractivity contribution >= 4 is 5.91 Å². The number of amides is 1. The number of carbonyl (C=O) groups excluding carboxylic acids is 1. The van der Waals surface area contributed by atoms with Gasteiger partial charge in [-0.15, -0.1) is 0 Å². The van der Waals surface area contributed by atoms with Crippen LogP contribution >= 0.6 is 0 Å². The Bertz CT molecular complexity index is 181. The summed E-state index contributed by atoms with van der Waals surface area (Å²) < 4.78 is 0. The van der Waals surface area contributed by atoms with E-state index in [-0.39, 0.29) is 5.91 Å². The molecule has 68 valence electrons. The molecule has 0 fully saturated rings. The number of nitriles is 1. The molecule has 0 saturated carbocycles. The number of hydrogen-bond donors (Lipinski definition) is 1. The first-order valence-corrected chi connectivity index (χ1v) is 4.25. The standard InChI is InChI=1S/C9H16N2O/c1-7(2)4-5-11-9(12)8(3)6-10/h7-8H,4-5H2,1-3H3,(H,11,12). The predicted octanol–water partition coefficient (Wildman–Crippen LogP) is 1.31. The molecule has 0 bridgehead atoms. The van der Waals surface area contributed by atoms with E-state index in [0.717, 1.165) is 6.42 Å². The molecule has 1 unspecified atom stereocenters. The van der Waals surface area contributed by atoms with Crippen LogP contribution in [0.25, 0.3) is 0 Å². The van der Waals surface area contributed by atoms with Gasteiger partial charge in [0.05, 0.1) is 6.07 Å². The molecule has 0 rings (SSSR count). The molecule has 0 aromatic heterocycles. The van der Waals surface area contributed by atoms with Crippen LogP contribution in [0, 0.1) is 23.2 Å². The fourth-order valence-corrected chi connectivity index (χ4v) is 0.696. The maximum atomic E-state index is 11.0. The van der Waals surface area contributed by atoms with Gasteiger partial charge in [-0.1, -0.05) is 13.8 Å². The highest BCUT2D eigenvalue weighted by Gasteiger charge is 2.09. The molecule has 3 nitrogen and oxygen atoms in total. The van der Waals surface area contributed by atoms with E-state index in [1.165, 1.54) is 0 Å². The molecular weight excluding hydrogens is 152 g/mol. The zero-order chi connectivity index (χ0) is 9.56. The highest BCUT2D eigenvalue weighted by Crippen LogP contribution is 1.97. The first-order valence-electron chi connectivity index (χ1n) is 4.25. The van der Waals surface area contributed by atoms with Gasteiger partial charge >= 0.3 is 0 Å². The minimum absolute atomic E-state index is 0.168. The van der Waals surface area contributed by atoms with Gasteiger partial charge in [0.25, 0.3) is 0 Å². The Labute approximate surface area is 73.8 Å². The molecule has 12 heavy (non-hydrogen) atoms. The number of nitrogens with zero attached hydrogens (tertiary/aromatic N) is 1. The normalized spacial score (nSPS) is 12.2. The number of rotatable bonds is 4. The van der Waals surface area contributed by atoms with E-state index in [1.54, 1.807) is 6.92 Å². The first-order chi connectivity index (χ1) is 5.57. The lowest BCUT2D eigenvalue weighted by molar-refractivity contribution is -0.122. The van der Waals surface area contributed by atoms with Gasteiger partial charge in [-0.2, -0.15) is 5.26 Å². The van der Waals surface area contributed by atoms with E-state index in [1.807, 2.05) is 6.07 Å². The predicted molar refractivity (Wildman–Crippen MR) is 47.2 cm³/mol. The summed E-state index contributed by atoms with van der Waals surface area (Å²) >= 11 is 0. The van der Waals surface area contributed by atoms with E-state index in [0.29, 0.717) is 12.5 Å². The highest BCUT2D eigenvalue weighted by molar-refractivity contribution is 5.80. The SMILES string of the molecule is CC(C)CCNC(=O)C(C)C#N. The molecule has 0 aromatic rings. The average molecular weight is 168 g/mol. The van der Waals surface area contributed by atoms with Crippen molar-refractivity contribution in [2.45, 2.75) is 27.2 Å². The van der Waals surface area contributed by atoms with Crippen molar-refractivity contribution in [3.05, 3.63) is 0 Å². The third-order valence-electron chi connectivity index (χ3n) is 1.61. The summed E-state index contributed by atoms with van der Waals surface area (Å²) in [7, 11) is 0. The second kappa shape index (κ2) is 5.59. The molecule has 0 aliphatic heterocycles. The van der Waals surface area contributed by atoms with Crippen LogP contribution in [0.2, 0.25) is 0 Å². The van der Waals surface area contributed by atoms with Crippen molar-refractivity contribution < 1.29 is 4.79 Å². The van der Waals surface area contributed by atoms with Crippen LogP contribution in [-0.4, -0.2) is 12.5 Å². The molecule has 0 saturated heterocycles. The van der Waals surface area contributed by atoms with Crippen molar-refractivity contribution in [2.75, 3.05) is 6.54 Å². The van der Waals surface area contributed by atoms with Crippen LogP contribution in [0.5, 0.6) is 0 Å². The Kier molecular flexibility index (Phi) is 5.11. The Morgan fingerprint density at radius 2 is 2.08 bits per heavy atom. The lowest BCUT2D eigenvalue weighted by atomic mass is 10.1. The van der Waals surface area contributed by atoms with Crippen LogP contribution in [0.15, 0.2) is 0 Å². The van der Waals surface area contributed by atoms with Crippen molar-refractivity contribution in [3.63, 3.8) is 0 Å². The van der Waals surface area contributed by atoms with Crippen LogP contribution in [0.3, 0.4) is 0 Å². The van der Waals surface area contributed by atoms with Gasteiger partial charge in [0, 0.05) is 6.54 Å². The van der Waals surface area contributed by atoms with Gasteiger partial charge in [-0.25, -0.2) is 0 Å². The van der Waals surface area contributed by atoms with E-state index in [9.17, 15) is 4.79 Å². The largest absolute Gasteiger partial charge is 0.355 e. The van der Waals surface area contributed by atoms with Crippen LogP contribution in [0.4, 0.5) is 0 Å². The Balaban J connectivity index is 3.53. The summed E-state index contributed by atoms with van der Waals surface area (Å²) in [6.45, 7) is 6.47. The molecule has 0 aliphatic rings. The molecule has 1 atom stereocenters. The number of hydrogen-bond acceptors (Lipinski definition) is 2. The molecule has 3 heteroatoms. The summed E-state index contributed by atoms with van der Waals surface area (Å²) in [5.74, 6) is -0.113. The van der Waals surface area contributed by atoms with E-state index < -0.39 is 5.92 Å². The Morgan fingerprint density at radius 3 is 2.50 bits per heavy atom. The van der Waals surface area contributed by atoms with Crippen molar-refractivity contribution in [1.82, 2.24) is 5.32 Å². The first kappa shape index (κ1) is 11.0. The molecule has 0 radical (unpaired) electrons. The summed E-state index contributed by atoms with van der Waals surface area (Å²) in [6, 6.07) is 1.89. The van der Waals surface area contributed by atoms with E-state index in [2.05, 4.69) is 19.2 Å². The highest BCUT2D eigenvalue weighted by atomic mass is 16.1. The molecule has 0 aliphatic carbocycles. The molecule has 0 heterocycles. The van der Waals surface area contributed by atoms with Crippen molar-refractivity contribution in [2.24, 2.45) is 11.8 Å². The quantitative estimate of drug-likeness (QED) is 0.688. The maximum absolute atomic E-state index is 11.0. The van der Waals surface area contributed by atoms with Gasteiger partial charge < -0.3 is 5.32 Å². The zero-order valence-electron chi connectivity index (χ0n) is 7.92. The molecule has 1 amide bonds. The molecular formula is C9H16N2O. The van der Waals surface area contributed by atoms with Gasteiger partial charge in [0.1, 0.15) is 5.92 Å². The molecule has 0 spiro atoms. The Hall–Kier alpha value is -1.04. The minimum atomic E-state index is -0.530. The number of carbonyl (C=O) groups is 1. The summed E-state index contributed by atoms with van der Waals surface area (Å²) in [5.41, 5.74) is 0. The van der Waals surface area contributed by atoms with Crippen LogP contribution < -0.4 is 5.32 Å². The zero-order valence-corrected chi connectivity index (χ0v) is 7.92. The minimum Gasteiger partial charge on any atom is -0.355 e. The second-order valence-corrected chi connectivity index (χ2v) is 3.32. The molecule has 1 N–H and O–H groups in total. The summed E-state index contributed by atoms with van der Waals surface area (Å²) in [4.78, 5) is 11.0. The van der Waals surface area contributed by atoms with Crippen LogP contribution in [-0.2, 0) is 4.79 Å². The van der Waals surface area contributed by atoms with Gasteiger partial charge in [-0.3, -0.25) is 4.79 Å². The van der Waals surface area contributed by atoms with E-state index >= 15 is 0 Å². The summed E-state index contributed by atoms with van der Waals surface area (Å²) in [6.07, 6.45) is 0.962. The monoisotopic (exact) mass is 168 g/mol.